The quantitative estimate of drug-likeness (QED) is 0.130. The average Bonchev–Trinajstić information content (AvgIpc) is 3.54. The molecule has 0 saturated heterocycles. The van der Waals surface area contributed by atoms with Crippen LogP contribution in [0.15, 0.2) is 73.1 Å². The normalized spacial score (nSPS) is 11.3. The maximum Gasteiger partial charge on any atom is 0.307 e. The number of hydrazone groups is 1. The van der Waals surface area contributed by atoms with Crippen LogP contribution in [-0.2, 0) is 6.61 Å². The standard InChI is InChI=1S/C30H31Br2N3O5/c1-6-37-26-15-21(27(31)28(32)29(26)39-18(2)3)16-33-34-30(36)25-14-13-24(40-25)17-38-23-11-9-22(10-12-23)35-19(4)7-8-20(35)5/h7-16,18H,6,17H2,1-5H3,(H,34,36)/b33-16+. The van der Waals surface area contributed by atoms with Gasteiger partial charge in [0.2, 0.25) is 0 Å². The SMILES string of the molecule is CCOc1cc(/C=N/NC(=O)c2ccc(COc3ccc(-n4c(C)ccc4C)cc3)o2)c(Br)c(Br)c1OC(C)C. The lowest BCUT2D eigenvalue weighted by atomic mass is 10.2. The van der Waals surface area contributed by atoms with E-state index in [1.807, 2.05) is 45.0 Å². The zero-order valence-electron chi connectivity index (χ0n) is 23.0. The van der Waals surface area contributed by atoms with Crippen LogP contribution in [0.3, 0.4) is 0 Å². The molecule has 0 bridgehead atoms. The number of hydrogen-bond acceptors (Lipinski definition) is 6. The number of halogens is 2. The minimum Gasteiger partial charge on any atom is -0.490 e. The van der Waals surface area contributed by atoms with Crippen molar-refractivity contribution >= 4 is 44.0 Å². The third-order valence-electron chi connectivity index (χ3n) is 5.81. The van der Waals surface area contributed by atoms with Gasteiger partial charge in [0.25, 0.3) is 0 Å². The number of benzene rings is 2. The average molecular weight is 673 g/mol. The van der Waals surface area contributed by atoms with Crippen LogP contribution < -0.4 is 19.6 Å². The summed E-state index contributed by atoms with van der Waals surface area (Å²) in [7, 11) is 0. The van der Waals surface area contributed by atoms with Gasteiger partial charge in [-0.3, -0.25) is 4.79 Å². The molecule has 0 aliphatic heterocycles. The molecule has 2 aromatic carbocycles. The Hall–Kier alpha value is -3.50. The number of nitrogens with zero attached hydrogens (tertiary/aromatic N) is 2. The van der Waals surface area contributed by atoms with Crippen molar-refractivity contribution in [3.05, 3.63) is 92.0 Å². The monoisotopic (exact) mass is 671 g/mol. The third kappa shape index (κ3) is 6.98. The van der Waals surface area contributed by atoms with Crippen LogP contribution in [0.25, 0.3) is 5.69 Å². The van der Waals surface area contributed by atoms with E-state index >= 15 is 0 Å². The first-order valence-electron chi connectivity index (χ1n) is 12.8. The van der Waals surface area contributed by atoms with Crippen molar-refractivity contribution in [3.8, 4) is 22.9 Å². The molecule has 8 nitrogen and oxygen atoms in total. The summed E-state index contributed by atoms with van der Waals surface area (Å²) in [6.07, 6.45) is 1.48. The van der Waals surface area contributed by atoms with E-state index in [0.717, 1.165) is 5.69 Å². The fourth-order valence-electron chi connectivity index (χ4n) is 4.02. The molecular weight excluding hydrogens is 642 g/mol. The molecule has 4 aromatic rings. The van der Waals surface area contributed by atoms with E-state index in [0.29, 0.717) is 44.1 Å². The zero-order chi connectivity index (χ0) is 28.8. The lowest BCUT2D eigenvalue weighted by Gasteiger charge is -2.18. The topological polar surface area (TPSA) is 87.2 Å². The molecule has 0 spiro atoms. The fourth-order valence-corrected chi connectivity index (χ4v) is 4.94. The van der Waals surface area contributed by atoms with Crippen molar-refractivity contribution in [1.82, 2.24) is 9.99 Å². The second-order valence-corrected chi connectivity index (χ2v) is 10.8. The van der Waals surface area contributed by atoms with Gasteiger partial charge in [0.1, 0.15) is 18.1 Å². The maximum atomic E-state index is 12.6. The lowest BCUT2D eigenvalue weighted by molar-refractivity contribution is 0.0923. The number of nitrogens with one attached hydrogen (secondary N) is 1. The number of ether oxygens (including phenoxy) is 3. The molecule has 0 fully saturated rings. The van der Waals surface area contributed by atoms with E-state index in [4.69, 9.17) is 18.6 Å². The molecule has 210 valence electrons. The molecule has 10 heteroatoms. The summed E-state index contributed by atoms with van der Waals surface area (Å²) in [4.78, 5) is 12.6. The molecule has 1 amide bonds. The van der Waals surface area contributed by atoms with Gasteiger partial charge in [-0.05, 0) is 121 Å². The highest BCUT2D eigenvalue weighted by molar-refractivity contribution is 9.13. The summed E-state index contributed by atoms with van der Waals surface area (Å²) >= 11 is 7.12. The number of hydrogen-bond donors (Lipinski definition) is 1. The van der Waals surface area contributed by atoms with Crippen molar-refractivity contribution in [2.45, 2.75) is 47.3 Å². The number of aryl methyl sites for hydroxylation is 2. The predicted molar refractivity (Wildman–Crippen MR) is 162 cm³/mol. The largest absolute Gasteiger partial charge is 0.490 e. The maximum absolute atomic E-state index is 12.6. The van der Waals surface area contributed by atoms with E-state index in [9.17, 15) is 4.79 Å². The van der Waals surface area contributed by atoms with Crippen LogP contribution in [0.4, 0.5) is 0 Å². The Morgan fingerprint density at radius 1 is 1.02 bits per heavy atom. The smallest absolute Gasteiger partial charge is 0.307 e. The first-order valence-corrected chi connectivity index (χ1v) is 14.4. The molecule has 4 rings (SSSR count). The molecule has 0 aliphatic carbocycles. The Bertz CT molecular complexity index is 1490. The van der Waals surface area contributed by atoms with Crippen molar-refractivity contribution in [2.75, 3.05) is 6.61 Å². The highest BCUT2D eigenvalue weighted by Gasteiger charge is 2.18. The summed E-state index contributed by atoms with van der Waals surface area (Å²) in [6.45, 7) is 10.6. The number of carbonyl (C=O) groups excluding carboxylic acids is 1. The molecule has 0 atom stereocenters. The van der Waals surface area contributed by atoms with E-state index in [1.165, 1.54) is 17.6 Å². The highest BCUT2D eigenvalue weighted by atomic mass is 79.9. The minimum atomic E-state index is -0.482. The van der Waals surface area contributed by atoms with E-state index in [-0.39, 0.29) is 18.5 Å². The van der Waals surface area contributed by atoms with Gasteiger partial charge in [-0.1, -0.05) is 0 Å². The molecule has 2 heterocycles. The number of amides is 1. The van der Waals surface area contributed by atoms with Gasteiger partial charge in [-0.15, -0.1) is 0 Å². The molecular formula is C30H31Br2N3O5. The Kier molecular flexibility index (Phi) is 9.76. The summed E-state index contributed by atoms with van der Waals surface area (Å²) in [6, 6.07) is 17.1. The third-order valence-corrected chi connectivity index (χ3v) is 7.95. The van der Waals surface area contributed by atoms with Gasteiger partial charge < -0.3 is 23.2 Å². The highest BCUT2D eigenvalue weighted by Crippen LogP contribution is 2.43. The van der Waals surface area contributed by atoms with Gasteiger partial charge in [-0.25, -0.2) is 5.43 Å². The Morgan fingerprint density at radius 3 is 2.38 bits per heavy atom. The zero-order valence-corrected chi connectivity index (χ0v) is 26.1. The molecule has 0 saturated carbocycles. The number of carbonyl (C=O) groups is 1. The molecule has 2 aromatic heterocycles. The molecule has 40 heavy (non-hydrogen) atoms. The number of furan rings is 1. The van der Waals surface area contributed by atoms with E-state index < -0.39 is 5.91 Å². The summed E-state index contributed by atoms with van der Waals surface area (Å²) < 4.78 is 26.8. The van der Waals surface area contributed by atoms with Crippen molar-refractivity contribution < 1.29 is 23.4 Å². The van der Waals surface area contributed by atoms with Crippen LogP contribution in [-0.4, -0.2) is 29.4 Å². The lowest BCUT2D eigenvalue weighted by Crippen LogP contribution is -2.17. The van der Waals surface area contributed by atoms with Gasteiger partial charge in [-0.2, -0.15) is 5.10 Å². The Labute approximate surface area is 250 Å². The fraction of sp³-hybridized carbons (Fsp3) is 0.267. The van der Waals surface area contributed by atoms with Crippen LogP contribution in [0.5, 0.6) is 17.2 Å². The summed E-state index contributed by atoms with van der Waals surface area (Å²) in [5.74, 6) is 2.02. The van der Waals surface area contributed by atoms with Crippen LogP contribution in [0.1, 0.15) is 54.0 Å². The van der Waals surface area contributed by atoms with Crippen molar-refractivity contribution in [2.24, 2.45) is 5.10 Å². The minimum absolute atomic E-state index is 0.0332. The summed E-state index contributed by atoms with van der Waals surface area (Å²) in [5.41, 5.74) is 6.59. The van der Waals surface area contributed by atoms with Gasteiger partial charge in [0.15, 0.2) is 17.3 Å². The second kappa shape index (κ2) is 13.2. The number of rotatable bonds is 11. The first kappa shape index (κ1) is 29.5. The van der Waals surface area contributed by atoms with E-state index in [2.05, 4.69) is 72.9 Å². The van der Waals surface area contributed by atoms with E-state index in [1.54, 1.807) is 18.2 Å². The van der Waals surface area contributed by atoms with Crippen LogP contribution >= 0.6 is 31.9 Å². The second-order valence-electron chi connectivity index (χ2n) is 9.22. The van der Waals surface area contributed by atoms with Crippen molar-refractivity contribution in [1.29, 1.82) is 0 Å². The van der Waals surface area contributed by atoms with Gasteiger partial charge in [0.05, 0.1) is 23.4 Å². The van der Waals surface area contributed by atoms with Gasteiger partial charge in [0, 0.05) is 27.1 Å². The van der Waals surface area contributed by atoms with Gasteiger partial charge >= 0.3 is 5.91 Å². The molecule has 0 radical (unpaired) electrons. The Morgan fingerprint density at radius 2 is 1.73 bits per heavy atom. The Balaban J connectivity index is 1.36. The first-order chi connectivity index (χ1) is 19.2. The van der Waals surface area contributed by atoms with Crippen molar-refractivity contribution in [3.63, 3.8) is 0 Å². The van der Waals surface area contributed by atoms with Crippen LogP contribution in [0.2, 0.25) is 0 Å². The number of aromatic nitrogens is 1. The molecule has 1 N–H and O–H groups in total. The van der Waals surface area contributed by atoms with Crippen LogP contribution in [0, 0.1) is 13.8 Å². The summed E-state index contributed by atoms with van der Waals surface area (Å²) in [5, 5.41) is 4.09. The predicted octanol–water partition coefficient (Wildman–Crippen LogP) is 7.74. The molecule has 0 unspecified atom stereocenters. The molecule has 0 aliphatic rings.